The molecule has 4 rings (SSSR count). The lowest BCUT2D eigenvalue weighted by atomic mass is 10.1. The Morgan fingerprint density at radius 3 is 2.49 bits per heavy atom. The number of hydrogen-bond donors (Lipinski definition) is 1. The van der Waals surface area contributed by atoms with Crippen molar-refractivity contribution in [2.75, 3.05) is 25.1 Å². The van der Waals surface area contributed by atoms with E-state index in [4.69, 9.17) is 21.1 Å². The largest absolute Gasteiger partial charge is 0.490 e. The van der Waals surface area contributed by atoms with Crippen molar-refractivity contribution in [3.8, 4) is 11.5 Å². The molecule has 1 aliphatic heterocycles. The second-order valence-electron chi connectivity index (χ2n) is 8.50. The molecule has 7 nitrogen and oxygen atoms in total. The average Bonchev–Trinajstić information content (AvgIpc) is 3.19. The number of anilines is 1. The summed E-state index contributed by atoms with van der Waals surface area (Å²) in [4.78, 5) is 32.0. The third-order valence-electron chi connectivity index (χ3n) is 5.57. The molecule has 0 saturated carbocycles. The maximum Gasteiger partial charge on any atom is 0.266 e. The van der Waals surface area contributed by atoms with E-state index >= 15 is 0 Å². The van der Waals surface area contributed by atoms with E-state index in [0.717, 1.165) is 5.56 Å². The van der Waals surface area contributed by atoms with E-state index in [1.54, 1.807) is 35.2 Å². The molecule has 0 bridgehead atoms. The Morgan fingerprint density at radius 2 is 1.82 bits per heavy atom. The molecule has 3 aromatic carbocycles. The van der Waals surface area contributed by atoms with Gasteiger partial charge in [-0.25, -0.2) is 9.38 Å². The molecule has 0 aromatic heterocycles. The summed E-state index contributed by atoms with van der Waals surface area (Å²) in [7, 11) is 0. The zero-order chi connectivity index (χ0) is 27.9. The van der Waals surface area contributed by atoms with E-state index in [1.807, 2.05) is 45.0 Å². The molecule has 0 atom stereocenters. The summed E-state index contributed by atoms with van der Waals surface area (Å²) < 4.78 is 24.7. The van der Waals surface area contributed by atoms with Crippen LogP contribution in [0.1, 0.15) is 25.0 Å². The molecule has 202 valence electrons. The molecule has 1 fully saturated rings. The van der Waals surface area contributed by atoms with Crippen molar-refractivity contribution in [1.82, 2.24) is 4.90 Å². The molecular weight excluding hydrogens is 541 g/mol. The van der Waals surface area contributed by atoms with Crippen LogP contribution >= 0.6 is 23.4 Å². The molecule has 39 heavy (non-hydrogen) atoms. The molecule has 1 aliphatic rings. The van der Waals surface area contributed by atoms with Gasteiger partial charge in [0.15, 0.2) is 23.3 Å². The van der Waals surface area contributed by atoms with Crippen LogP contribution in [0.5, 0.6) is 11.5 Å². The van der Waals surface area contributed by atoms with Gasteiger partial charge < -0.3 is 14.8 Å². The highest BCUT2D eigenvalue weighted by molar-refractivity contribution is 8.18. The Kier molecular flexibility index (Phi) is 9.27. The number of carbonyl (C=O) groups is 2. The molecule has 1 N–H and O–H groups in total. The SMILES string of the molecule is CCOc1cc(/C=C2/SC(=Nc3ccc(F)cc3)N(CC)C2=O)cc(Cl)c1OCC(=O)Nc1ccc(C)cc1. The van der Waals surface area contributed by atoms with E-state index in [9.17, 15) is 14.0 Å². The number of amidine groups is 1. The van der Waals surface area contributed by atoms with E-state index in [0.29, 0.717) is 45.9 Å². The van der Waals surface area contributed by atoms with Gasteiger partial charge >= 0.3 is 0 Å². The predicted molar refractivity (Wildman–Crippen MR) is 154 cm³/mol. The van der Waals surface area contributed by atoms with Crippen molar-refractivity contribution in [1.29, 1.82) is 0 Å². The normalized spacial score (nSPS) is 15.2. The van der Waals surface area contributed by atoms with Gasteiger partial charge in [-0.15, -0.1) is 0 Å². The van der Waals surface area contributed by atoms with Gasteiger partial charge in [0, 0.05) is 12.2 Å². The minimum atomic E-state index is -0.358. The summed E-state index contributed by atoms with van der Waals surface area (Å²) in [5.74, 6) is -0.320. The van der Waals surface area contributed by atoms with Gasteiger partial charge in [-0.3, -0.25) is 14.5 Å². The summed E-state index contributed by atoms with van der Waals surface area (Å²) in [5.41, 5.74) is 2.91. The minimum absolute atomic E-state index is 0.203. The highest BCUT2D eigenvalue weighted by Crippen LogP contribution is 2.39. The molecule has 1 heterocycles. The molecule has 0 spiro atoms. The Bertz CT molecular complexity index is 1430. The van der Waals surface area contributed by atoms with Crippen molar-refractivity contribution >= 4 is 57.8 Å². The second kappa shape index (κ2) is 12.8. The molecule has 0 aliphatic carbocycles. The topological polar surface area (TPSA) is 80.2 Å². The van der Waals surface area contributed by atoms with Crippen molar-refractivity contribution in [2.45, 2.75) is 20.8 Å². The van der Waals surface area contributed by atoms with Crippen LogP contribution in [-0.2, 0) is 9.59 Å². The standard InChI is InChI=1S/C29H27ClFN3O4S/c1-4-34-28(36)25(39-29(34)33-22-12-8-20(31)9-13-22)16-19-14-23(30)27(24(15-19)37-5-2)38-17-26(35)32-21-10-6-18(3)7-11-21/h6-16H,4-5,17H2,1-3H3,(H,32,35)/b25-16+,33-29?. The Labute approximate surface area is 235 Å². The highest BCUT2D eigenvalue weighted by atomic mass is 35.5. The van der Waals surface area contributed by atoms with Crippen LogP contribution in [0.4, 0.5) is 15.8 Å². The van der Waals surface area contributed by atoms with Crippen molar-refractivity contribution in [3.05, 3.63) is 87.5 Å². The first kappa shape index (κ1) is 28.2. The van der Waals surface area contributed by atoms with Crippen LogP contribution in [0.2, 0.25) is 5.02 Å². The summed E-state index contributed by atoms with van der Waals surface area (Å²) in [5, 5.41) is 3.51. The molecular formula is C29H27ClFN3O4S. The quantitative estimate of drug-likeness (QED) is 0.287. The van der Waals surface area contributed by atoms with Gasteiger partial charge in [0.2, 0.25) is 0 Å². The Hall–Kier alpha value is -3.82. The van der Waals surface area contributed by atoms with Gasteiger partial charge in [0.1, 0.15) is 5.82 Å². The fraction of sp³-hybridized carbons (Fsp3) is 0.207. The maximum absolute atomic E-state index is 13.3. The number of aliphatic imine (C=N–C) groups is 1. The summed E-state index contributed by atoms with van der Waals surface area (Å²) in [6.45, 7) is 6.14. The number of thioether (sulfide) groups is 1. The van der Waals surface area contributed by atoms with Crippen molar-refractivity contribution in [3.63, 3.8) is 0 Å². The number of amides is 2. The number of carbonyl (C=O) groups excluding carboxylic acids is 2. The second-order valence-corrected chi connectivity index (χ2v) is 9.91. The molecule has 10 heteroatoms. The van der Waals surface area contributed by atoms with E-state index in [-0.39, 0.29) is 35.0 Å². The number of ether oxygens (including phenoxy) is 2. The Morgan fingerprint density at radius 1 is 1.10 bits per heavy atom. The van der Waals surface area contributed by atoms with Crippen LogP contribution in [-0.4, -0.2) is 41.6 Å². The van der Waals surface area contributed by atoms with E-state index < -0.39 is 0 Å². The third kappa shape index (κ3) is 7.19. The molecule has 0 unspecified atom stereocenters. The fourth-order valence-electron chi connectivity index (χ4n) is 3.69. The molecule has 0 radical (unpaired) electrons. The molecule has 3 aromatic rings. The summed E-state index contributed by atoms with van der Waals surface area (Å²) >= 11 is 7.75. The monoisotopic (exact) mass is 567 g/mol. The smallest absolute Gasteiger partial charge is 0.266 e. The van der Waals surface area contributed by atoms with E-state index in [1.165, 1.54) is 23.9 Å². The van der Waals surface area contributed by atoms with Gasteiger partial charge in [0.05, 0.1) is 22.2 Å². The first-order chi connectivity index (χ1) is 18.8. The lowest BCUT2D eigenvalue weighted by Gasteiger charge is -2.15. The zero-order valence-electron chi connectivity index (χ0n) is 21.7. The van der Waals surface area contributed by atoms with Crippen LogP contribution in [0, 0.1) is 12.7 Å². The Balaban J connectivity index is 1.53. The molecule has 2 amide bonds. The number of hydrogen-bond acceptors (Lipinski definition) is 6. The number of nitrogens with one attached hydrogen (secondary N) is 1. The van der Waals surface area contributed by atoms with Gasteiger partial charge in [0.25, 0.3) is 11.8 Å². The highest BCUT2D eigenvalue weighted by Gasteiger charge is 2.32. The van der Waals surface area contributed by atoms with Crippen molar-refractivity contribution < 1.29 is 23.5 Å². The van der Waals surface area contributed by atoms with Crippen LogP contribution in [0.15, 0.2) is 70.6 Å². The number of likely N-dealkylation sites (N-methyl/N-ethyl adjacent to an activating group) is 1. The zero-order valence-corrected chi connectivity index (χ0v) is 23.2. The number of rotatable bonds is 9. The summed E-state index contributed by atoms with van der Waals surface area (Å²) in [6, 6.07) is 16.5. The minimum Gasteiger partial charge on any atom is -0.490 e. The first-order valence-corrected chi connectivity index (χ1v) is 13.5. The van der Waals surface area contributed by atoms with Crippen LogP contribution < -0.4 is 14.8 Å². The summed E-state index contributed by atoms with van der Waals surface area (Å²) in [6.07, 6.45) is 1.70. The number of benzene rings is 3. The number of nitrogens with zero attached hydrogens (tertiary/aromatic N) is 2. The van der Waals surface area contributed by atoms with Crippen LogP contribution in [0.25, 0.3) is 6.08 Å². The van der Waals surface area contributed by atoms with Crippen LogP contribution in [0.3, 0.4) is 0 Å². The molecule has 1 saturated heterocycles. The first-order valence-electron chi connectivity index (χ1n) is 12.3. The fourth-order valence-corrected chi connectivity index (χ4v) is 5.03. The lowest BCUT2D eigenvalue weighted by Crippen LogP contribution is -2.28. The van der Waals surface area contributed by atoms with E-state index in [2.05, 4.69) is 10.3 Å². The van der Waals surface area contributed by atoms with Gasteiger partial charge in [-0.2, -0.15) is 0 Å². The van der Waals surface area contributed by atoms with Gasteiger partial charge in [-0.1, -0.05) is 29.3 Å². The van der Waals surface area contributed by atoms with Gasteiger partial charge in [-0.05, 0) is 92.7 Å². The third-order valence-corrected chi connectivity index (χ3v) is 6.86. The number of aryl methyl sites for hydroxylation is 1. The predicted octanol–water partition coefficient (Wildman–Crippen LogP) is 6.83. The number of halogens is 2. The lowest BCUT2D eigenvalue weighted by molar-refractivity contribution is -0.122. The van der Waals surface area contributed by atoms with Crippen molar-refractivity contribution in [2.24, 2.45) is 4.99 Å². The maximum atomic E-state index is 13.3. The average molecular weight is 568 g/mol.